The van der Waals surface area contributed by atoms with Crippen molar-refractivity contribution in [2.75, 3.05) is 0 Å². The van der Waals surface area contributed by atoms with Gasteiger partial charge in [0.25, 0.3) is 0 Å². The van der Waals surface area contributed by atoms with Crippen molar-refractivity contribution in [1.82, 2.24) is 9.97 Å². The summed E-state index contributed by atoms with van der Waals surface area (Å²) >= 11 is 0. The van der Waals surface area contributed by atoms with Gasteiger partial charge in [0, 0.05) is 21.8 Å². The zero-order valence-corrected chi connectivity index (χ0v) is 19.3. The molecule has 166 valence electrons. The number of fused-ring (bicyclic) bond motifs is 2. The van der Waals surface area contributed by atoms with E-state index in [4.69, 9.17) is 9.47 Å². The molecule has 2 N–H and O–H groups in total. The van der Waals surface area contributed by atoms with E-state index in [1.807, 2.05) is 90.1 Å². The SMILES string of the molecule is CC(C)(C)C(=O)Oc1c(-c2[nH]c3ccccc3c2OC(=O)C(C)(C)C)[nH]c2ccccc12. The average molecular weight is 433 g/mol. The Morgan fingerprint density at radius 2 is 0.969 bits per heavy atom. The second kappa shape index (κ2) is 7.55. The maximum absolute atomic E-state index is 12.8. The molecular formula is C26H28N2O4. The lowest BCUT2D eigenvalue weighted by Gasteiger charge is -2.18. The summed E-state index contributed by atoms with van der Waals surface area (Å²) in [4.78, 5) is 32.3. The molecule has 0 bridgehead atoms. The van der Waals surface area contributed by atoms with Crippen LogP contribution in [0.1, 0.15) is 41.5 Å². The van der Waals surface area contributed by atoms with Gasteiger partial charge >= 0.3 is 11.9 Å². The second-order valence-corrected chi connectivity index (χ2v) is 10.0. The maximum Gasteiger partial charge on any atom is 0.316 e. The summed E-state index contributed by atoms with van der Waals surface area (Å²) in [6, 6.07) is 15.2. The van der Waals surface area contributed by atoms with Crippen molar-refractivity contribution in [3.63, 3.8) is 0 Å². The zero-order chi connectivity index (χ0) is 23.3. The molecule has 0 aliphatic heterocycles. The van der Waals surface area contributed by atoms with Gasteiger partial charge in [-0.05, 0) is 65.8 Å². The molecule has 2 aromatic carbocycles. The Bertz CT molecular complexity index is 1230. The van der Waals surface area contributed by atoms with Crippen LogP contribution in [0.3, 0.4) is 0 Å². The van der Waals surface area contributed by atoms with Gasteiger partial charge in [-0.2, -0.15) is 0 Å². The molecule has 6 nitrogen and oxygen atoms in total. The predicted molar refractivity (Wildman–Crippen MR) is 126 cm³/mol. The van der Waals surface area contributed by atoms with Crippen molar-refractivity contribution in [3.8, 4) is 22.9 Å². The summed E-state index contributed by atoms with van der Waals surface area (Å²) in [5.74, 6) is 0.0981. The lowest BCUT2D eigenvalue weighted by atomic mass is 9.97. The van der Waals surface area contributed by atoms with Crippen LogP contribution in [-0.2, 0) is 9.59 Å². The highest BCUT2D eigenvalue weighted by Gasteiger charge is 2.31. The summed E-state index contributed by atoms with van der Waals surface area (Å²) in [5, 5.41) is 1.54. The molecule has 0 aliphatic carbocycles. The van der Waals surface area contributed by atoms with Crippen molar-refractivity contribution in [3.05, 3.63) is 48.5 Å². The van der Waals surface area contributed by atoms with Gasteiger partial charge in [0.05, 0.1) is 10.8 Å². The van der Waals surface area contributed by atoms with Crippen LogP contribution in [-0.4, -0.2) is 21.9 Å². The normalized spacial score (nSPS) is 12.3. The van der Waals surface area contributed by atoms with Gasteiger partial charge < -0.3 is 19.4 Å². The third kappa shape index (κ3) is 3.88. The van der Waals surface area contributed by atoms with Crippen molar-refractivity contribution < 1.29 is 19.1 Å². The summed E-state index contributed by atoms with van der Waals surface area (Å²) < 4.78 is 11.8. The van der Waals surface area contributed by atoms with Crippen LogP contribution in [0.15, 0.2) is 48.5 Å². The Morgan fingerprint density at radius 3 is 1.31 bits per heavy atom. The topological polar surface area (TPSA) is 84.2 Å². The molecule has 0 atom stereocenters. The van der Waals surface area contributed by atoms with Gasteiger partial charge in [-0.3, -0.25) is 9.59 Å². The molecule has 4 aromatic rings. The number of aromatic nitrogens is 2. The van der Waals surface area contributed by atoms with Gasteiger partial charge in [-0.1, -0.05) is 24.3 Å². The van der Waals surface area contributed by atoms with Crippen LogP contribution >= 0.6 is 0 Å². The highest BCUT2D eigenvalue weighted by Crippen LogP contribution is 2.44. The number of ether oxygens (including phenoxy) is 2. The molecule has 6 heteroatoms. The van der Waals surface area contributed by atoms with Crippen molar-refractivity contribution in [2.24, 2.45) is 10.8 Å². The zero-order valence-electron chi connectivity index (χ0n) is 19.3. The molecule has 4 rings (SSSR count). The molecule has 0 radical (unpaired) electrons. The highest BCUT2D eigenvalue weighted by atomic mass is 16.5. The van der Waals surface area contributed by atoms with Crippen molar-refractivity contribution >= 4 is 33.7 Å². The Morgan fingerprint density at radius 1 is 0.625 bits per heavy atom. The Labute approximate surface area is 186 Å². The third-order valence-corrected chi connectivity index (χ3v) is 5.18. The fourth-order valence-corrected chi connectivity index (χ4v) is 3.29. The number of carbonyl (C=O) groups is 2. The van der Waals surface area contributed by atoms with Gasteiger partial charge in [0.1, 0.15) is 11.4 Å². The van der Waals surface area contributed by atoms with Crippen LogP contribution in [0, 0.1) is 10.8 Å². The number of hydrogen-bond donors (Lipinski definition) is 2. The molecule has 2 aromatic heterocycles. The number of aromatic amines is 2. The first-order valence-electron chi connectivity index (χ1n) is 10.6. The number of carbonyl (C=O) groups excluding carboxylic acids is 2. The number of rotatable bonds is 3. The number of H-pyrrole nitrogens is 2. The first-order valence-corrected chi connectivity index (χ1v) is 10.6. The lowest BCUT2D eigenvalue weighted by molar-refractivity contribution is -0.143. The highest BCUT2D eigenvalue weighted by molar-refractivity contribution is 6.02. The van der Waals surface area contributed by atoms with E-state index in [0.717, 1.165) is 21.8 Å². The maximum atomic E-state index is 12.8. The predicted octanol–water partition coefficient (Wildman–Crippen LogP) is 6.22. The first-order chi connectivity index (χ1) is 15.0. The Balaban J connectivity index is 1.95. The minimum Gasteiger partial charge on any atom is -0.423 e. The number of esters is 2. The standard InChI is InChI=1S/C26H28N2O4/c1-25(2,3)23(29)31-21-15-11-7-9-13-17(15)27-19(21)20-22(32-24(30)26(4,5)6)16-12-8-10-14-18(16)28-20/h7-14,27-28H,1-6H3. The van der Waals surface area contributed by atoms with E-state index < -0.39 is 10.8 Å². The molecule has 0 unspecified atom stereocenters. The van der Waals surface area contributed by atoms with Crippen molar-refractivity contribution in [2.45, 2.75) is 41.5 Å². The van der Waals surface area contributed by atoms with Crippen LogP contribution in [0.4, 0.5) is 0 Å². The first kappa shape index (κ1) is 21.7. The molecule has 0 saturated carbocycles. The smallest absolute Gasteiger partial charge is 0.316 e. The average Bonchev–Trinajstić information content (AvgIpc) is 3.25. The minimum atomic E-state index is -0.683. The second-order valence-electron chi connectivity index (χ2n) is 10.0. The minimum absolute atomic E-state index is 0.354. The van der Waals surface area contributed by atoms with E-state index in [1.165, 1.54) is 0 Å². The fourth-order valence-electron chi connectivity index (χ4n) is 3.29. The summed E-state index contributed by atoms with van der Waals surface area (Å²) in [6.45, 7) is 10.9. The van der Waals surface area contributed by atoms with E-state index >= 15 is 0 Å². The Kier molecular flexibility index (Phi) is 5.12. The van der Waals surface area contributed by atoms with E-state index in [9.17, 15) is 9.59 Å². The van der Waals surface area contributed by atoms with Crippen LogP contribution < -0.4 is 9.47 Å². The van der Waals surface area contributed by atoms with Crippen LogP contribution in [0.2, 0.25) is 0 Å². The summed E-state index contributed by atoms with van der Waals surface area (Å²) in [6.07, 6.45) is 0. The molecule has 32 heavy (non-hydrogen) atoms. The van der Waals surface area contributed by atoms with E-state index in [-0.39, 0.29) is 11.9 Å². The van der Waals surface area contributed by atoms with Gasteiger partial charge in [0.2, 0.25) is 0 Å². The number of nitrogens with one attached hydrogen (secondary N) is 2. The van der Waals surface area contributed by atoms with Crippen LogP contribution in [0.25, 0.3) is 33.2 Å². The molecular weight excluding hydrogens is 404 g/mol. The largest absolute Gasteiger partial charge is 0.423 e. The monoisotopic (exact) mass is 432 g/mol. The molecule has 0 aliphatic rings. The number of hydrogen-bond acceptors (Lipinski definition) is 4. The van der Waals surface area contributed by atoms with Crippen LogP contribution in [0.5, 0.6) is 11.5 Å². The molecule has 0 saturated heterocycles. The molecule has 0 amide bonds. The van der Waals surface area contributed by atoms with Gasteiger partial charge in [0.15, 0.2) is 11.5 Å². The van der Waals surface area contributed by atoms with E-state index in [1.54, 1.807) is 0 Å². The molecule has 2 heterocycles. The number of para-hydroxylation sites is 2. The summed E-state index contributed by atoms with van der Waals surface area (Å²) in [5.41, 5.74) is 1.36. The fraction of sp³-hybridized carbons (Fsp3) is 0.308. The van der Waals surface area contributed by atoms with E-state index in [2.05, 4.69) is 9.97 Å². The number of benzene rings is 2. The van der Waals surface area contributed by atoms with Gasteiger partial charge in [-0.15, -0.1) is 0 Å². The summed E-state index contributed by atoms with van der Waals surface area (Å²) in [7, 11) is 0. The quantitative estimate of drug-likeness (QED) is 0.377. The Hall–Kier alpha value is -3.54. The van der Waals surface area contributed by atoms with E-state index in [0.29, 0.717) is 22.9 Å². The molecule has 0 spiro atoms. The molecule has 0 fully saturated rings. The third-order valence-electron chi connectivity index (χ3n) is 5.18. The van der Waals surface area contributed by atoms with Gasteiger partial charge in [-0.25, -0.2) is 0 Å². The lowest BCUT2D eigenvalue weighted by Crippen LogP contribution is -2.26. The van der Waals surface area contributed by atoms with Crippen molar-refractivity contribution in [1.29, 1.82) is 0 Å².